The van der Waals surface area contributed by atoms with Crippen molar-refractivity contribution in [2.75, 3.05) is 11.1 Å². The summed E-state index contributed by atoms with van der Waals surface area (Å²) in [5.41, 5.74) is 2.28. The van der Waals surface area contributed by atoms with Crippen LogP contribution in [0.1, 0.15) is 11.1 Å². The number of halogens is 3. The van der Waals surface area contributed by atoms with Crippen molar-refractivity contribution in [1.29, 1.82) is 0 Å². The number of nitrogens with one attached hydrogen (secondary N) is 2. The van der Waals surface area contributed by atoms with Gasteiger partial charge in [0.2, 0.25) is 5.91 Å². The van der Waals surface area contributed by atoms with Crippen LogP contribution >= 0.6 is 11.8 Å². The van der Waals surface area contributed by atoms with Gasteiger partial charge in [-0.05, 0) is 31.2 Å². The number of para-hydroxylation sites is 1. The molecular formula is C20H15F3N4OS. The van der Waals surface area contributed by atoms with Crippen molar-refractivity contribution in [2.24, 2.45) is 0 Å². The summed E-state index contributed by atoms with van der Waals surface area (Å²) < 4.78 is 39.2. The first kappa shape index (κ1) is 19.3. The molecule has 9 heteroatoms. The van der Waals surface area contributed by atoms with E-state index in [0.717, 1.165) is 39.8 Å². The molecule has 2 aromatic carbocycles. The van der Waals surface area contributed by atoms with Crippen LogP contribution in [0.5, 0.6) is 0 Å². The molecule has 0 aliphatic rings. The fraction of sp³-hybridized carbons (Fsp3) is 0.150. The minimum Gasteiger partial charge on any atom is -0.351 e. The lowest BCUT2D eigenvalue weighted by atomic mass is 10.1. The quantitative estimate of drug-likeness (QED) is 0.356. The molecule has 5 nitrogen and oxygen atoms in total. The Kier molecular flexibility index (Phi) is 4.91. The molecule has 29 heavy (non-hydrogen) atoms. The van der Waals surface area contributed by atoms with Gasteiger partial charge < -0.3 is 10.3 Å². The summed E-state index contributed by atoms with van der Waals surface area (Å²) in [5, 5.41) is 3.85. The largest absolute Gasteiger partial charge is 0.418 e. The Morgan fingerprint density at radius 1 is 1.17 bits per heavy atom. The Balaban J connectivity index is 1.55. The smallest absolute Gasteiger partial charge is 0.351 e. The summed E-state index contributed by atoms with van der Waals surface area (Å²) in [4.78, 5) is 24.1. The van der Waals surface area contributed by atoms with E-state index in [2.05, 4.69) is 20.3 Å². The molecule has 0 saturated carbocycles. The molecular weight excluding hydrogens is 401 g/mol. The van der Waals surface area contributed by atoms with E-state index in [9.17, 15) is 18.0 Å². The van der Waals surface area contributed by atoms with Crippen molar-refractivity contribution in [1.82, 2.24) is 15.0 Å². The normalized spacial score (nSPS) is 11.9. The molecule has 4 rings (SSSR count). The summed E-state index contributed by atoms with van der Waals surface area (Å²) >= 11 is 1.13. The van der Waals surface area contributed by atoms with Gasteiger partial charge in [0.05, 0.1) is 22.5 Å². The number of rotatable bonds is 4. The fourth-order valence-electron chi connectivity index (χ4n) is 3.05. The van der Waals surface area contributed by atoms with Gasteiger partial charge in [0.25, 0.3) is 0 Å². The summed E-state index contributed by atoms with van der Waals surface area (Å²) in [5.74, 6) is -0.641. The van der Waals surface area contributed by atoms with Gasteiger partial charge in [-0.3, -0.25) is 4.79 Å². The van der Waals surface area contributed by atoms with Crippen molar-refractivity contribution >= 4 is 45.3 Å². The lowest BCUT2D eigenvalue weighted by Gasteiger charge is -2.13. The highest BCUT2D eigenvalue weighted by Crippen LogP contribution is 2.35. The number of aromatic amines is 1. The van der Waals surface area contributed by atoms with Gasteiger partial charge in [-0.15, -0.1) is 0 Å². The number of thioether (sulfide) groups is 1. The number of alkyl halides is 3. The molecule has 0 radical (unpaired) electrons. The van der Waals surface area contributed by atoms with Crippen LogP contribution in [0.4, 0.5) is 18.9 Å². The standard InChI is InChI=1S/C20H15F3N4OS/c1-11-6-7-14-12(8-11)17-18(27-14)19(25-10-24-17)29-9-16(28)26-15-5-3-2-4-13(15)20(21,22)23/h2-8,10,27H,9H2,1H3,(H,26,28). The molecule has 148 valence electrons. The fourth-order valence-corrected chi connectivity index (χ4v) is 3.81. The number of anilines is 1. The molecule has 2 N–H and O–H groups in total. The van der Waals surface area contributed by atoms with E-state index in [0.29, 0.717) is 10.5 Å². The van der Waals surface area contributed by atoms with Crippen LogP contribution in [-0.4, -0.2) is 26.6 Å². The maximum absolute atomic E-state index is 13.1. The van der Waals surface area contributed by atoms with Gasteiger partial charge in [0.15, 0.2) is 0 Å². The van der Waals surface area contributed by atoms with E-state index in [1.165, 1.54) is 24.5 Å². The van der Waals surface area contributed by atoms with Crippen molar-refractivity contribution in [3.05, 3.63) is 59.9 Å². The van der Waals surface area contributed by atoms with Crippen LogP contribution in [0.3, 0.4) is 0 Å². The molecule has 0 saturated heterocycles. The Bertz CT molecular complexity index is 1220. The van der Waals surface area contributed by atoms with Crippen LogP contribution in [-0.2, 0) is 11.0 Å². The number of nitrogens with zero attached hydrogens (tertiary/aromatic N) is 2. The van der Waals surface area contributed by atoms with E-state index in [1.54, 1.807) is 0 Å². The molecule has 2 heterocycles. The number of amides is 1. The van der Waals surface area contributed by atoms with E-state index >= 15 is 0 Å². The van der Waals surface area contributed by atoms with E-state index in [4.69, 9.17) is 0 Å². The molecule has 2 aromatic heterocycles. The number of hydrogen-bond acceptors (Lipinski definition) is 4. The number of hydrogen-bond donors (Lipinski definition) is 2. The predicted octanol–water partition coefficient (Wildman–Crippen LogP) is 5.17. The molecule has 1 amide bonds. The Morgan fingerprint density at radius 3 is 2.76 bits per heavy atom. The maximum atomic E-state index is 13.1. The zero-order valence-electron chi connectivity index (χ0n) is 15.2. The van der Waals surface area contributed by atoms with E-state index in [1.807, 2.05) is 25.1 Å². The molecule has 0 spiro atoms. The molecule has 4 aromatic rings. The third kappa shape index (κ3) is 3.91. The third-order valence-corrected chi connectivity index (χ3v) is 5.34. The van der Waals surface area contributed by atoms with Gasteiger partial charge in [-0.1, -0.05) is 35.5 Å². The Labute approximate surface area is 167 Å². The van der Waals surface area contributed by atoms with Crippen molar-refractivity contribution in [3.8, 4) is 0 Å². The molecule has 0 bridgehead atoms. The number of fused-ring (bicyclic) bond motifs is 3. The number of aromatic nitrogens is 3. The zero-order chi connectivity index (χ0) is 20.6. The number of H-pyrrole nitrogens is 1. The second-order valence-electron chi connectivity index (χ2n) is 6.46. The summed E-state index contributed by atoms with van der Waals surface area (Å²) in [6, 6.07) is 10.8. The highest BCUT2D eigenvalue weighted by Gasteiger charge is 2.33. The minimum atomic E-state index is -4.54. The first-order valence-corrected chi connectivity index (χ1v) is 9.63. The summed E-state index contributed by atoms with van der Waals surface area (Å²) in [6.45, 7) is 1.98. The number of carbonyl (C=O) groups excluding carboxylic acids is 1. The van der Waals surface area contributed by atoms with Crippen molar-refractivity contribution < 1.29 is 18.0 Å². The first-order chi connectivity index (χ1) is 13.8. The van der Waals surface area contributed by atoms with E-state index < -0.39 is 17.6 Å². The molecule has 0 unspecified atom stereocenters. The number of aryl methyl sites for hydroxylation is 1. The monoisotopic (exact) mass is 416 g/mol. The van der Waals surface area contributed by atoms with Gasteiger partial charge in [-0.2, -0.15) is 13.2 Å². The van der Waals surface area contributed by atoms with Gasteiger partial charge in [0, 0.05) is 10.9 Å². The average molecular weight is 416 g/mol. The maximum Gasteiger partial charge on any atom is 0.418 e. The zero-order valence-corrected chi connectivity index (χ0v) is 16.0. The highest BCUT2D eigenvalue weighted by atomic mass is 32.2. The molecule has 0 aliphatic heterocycles. The number of benzene rings is 2. The van der Waals surface area contributed by atoms with Crippen molar-refractivity contribution in [2.45, 2.75) is 18.1 Å². The van der Waals surface area contributed by atoms with Crippen molar-refractivity contribution in [3.63, 3.8) is 0 Å². The SMILES string of the molecule is Cc1ccc2[nH]c3c(SCC(=O)Nc4ccccc4C(F)(F)F)ncnc3c2c1. The average Bonchev–Trinajstić information content (AvgIpc) is 3.04. The number of carbonyl (C=O) groups is 1. The van der Waals surface area contributed by atoms with E-state index in [-0.39, 0.29) is 11.4 Å². The van der Waals surface area contributed by atoms with Gasteiger partial charge in [-0.25, -0.2) is 9.97 Å². The molecule has 0 atom stereocenters. The van der Waals surface area contributed by atoms with Crippen LogP contribution < -0.4 is 5.32 Å². The summed E-state index contributed by atoms with van der Waals surface area (Å²) in [7, 11) is 0. The minimum absolute atomic E-state index is 0.0906. The molecule has 0 fully saturated rings. The Hall–Kier alpha value is -3.07. The predicted molar refractivity (Wildman–Crippen MR) is 107 cm³/mol. The lowest BCUT2D eigenvalue weighted by Crippen LogP contribution is -2.18. The second kappa shape index (κ2) is 7.40. The van der Waals surface area contributed by atoms with Crippen LogP contribution in [0, 0.1) is 6.92 Å². The van der Waals surface area contributed by atoms with Gasteiger partial charge in [0.1, 0.15) is 16.9 Å². The van der Waals surface area contributed by atoms with Crippen LogP contribution in [0.2, 0.25) is 0 Å². The third-order valence-electron chi connectivity index (χ3n) is 4.35. The highest BCUT2D eigenvalue weighted by molar-refractivity contribution is 8.00. The summed E-state index contributed by atoms with van der Waals surface area (Å²) in [6.07, 6.45) is -3.13. The molecule has 0 aliphatic carbocycles. The first-order valence-electron chi connectivity index (χ1n) is 8.65. The van der Waals surface area contributed by atoms with Gasteiger partial charge >= 0.3 is 6.18 Å². The Morgan fingerprint density at radius 2 is 1.97 bits per heavy atom. The lowest BCUT2D eigenvalue weighted by molar-refractivity contribution is -0.137. The topological polar surface area (TPSA) is 70.7 Å². The van der Waals surface area contributed by atoms with Crippen LogP contribution in [0.15, 0.2) is 53.8 Å². The second-order valence-corrected chi connectivity index (χ2v) is 7.42. The van der Waals surface area contributed by atoms with Crippen LogP contribution in [0.25, 0.3) is 21.9 Å².